The van der Waals surface area contributed by atoms with Crippen molar-refractivity contribution in [2.75, 3.05) is 25.4 Å². The quantitative estimate of drug-likeness (QED) is 0.327. The lowest BCUT2D eigenvalue weighted by atomic mass is 10.2. The number of carbonyl (C=O) groups is 1. The van der Waals surface area contributed by atoms with Crippen molar-refractivity contribution < 1.29 is 14.3 Å². The van der Waals surface area contributed by atoms with E-state index in [4.69, 9.17) is 14.7 Å². The van der Waals surface area contributed by atoms with Gasteiger partial charge in [0.25, 0.3) is 0 Å². The molecule has 0 atom stereocenters. The molecule has 0 heterocycles. The molecule has 0 rings (SSSR count). The summed E-state index contributed by atoms with van der Waals surface area (Å²) in [6.45, 7) is 16.8. The Labute approximate surface area is 154 Å². The van der Waals surface area contributed by atoms with E-state index in [1.165, 1.54) is 0 Å². The first-order valence-corrected chi connectivity index (χ1v) is 10.2. The molecule has 24 heavy (non-hydrogen) atoms. The molecule has 0 radical (unpaired) electrons. The highest BCUT2D eigenvalue weighted by atomic mass is 33.1. The van der Waals surface area contributed by atoms with Crippen LogP contribution in [0.5, 0.6) is 0 Å². The number of amides is 1. The molecular weight excluding hydrogens is 344 g/mol. The van der Waals surface area contributed by atoms with Gasteiger partial charge in [-0.3, -0.25) is 0 Å². The minimum Gasteiger partial charge on any atom is -0.484 e. The van der Waals surface area contributed by atoms with Crippen molar-refractivity contribution in [3.8, 4) is 6.07 Å². The number of hydrogen-bond donors (Lipinski definition) is 0. The fraction of sp³-hybridized carbons (Fsp3) is 0.765. The number of rotatable bonds is 9. The summed E-state index contributed by atoms with van der Waals surface area (Å²) in [4.78, 5) is 14.0. The van der Waals surface area contributed by atoms with E-state index in [-0.39, 0.29) is 17.4 Å². The molecule has 0 N–H and O–H groups in total. The second kappa shape index (κ2) is 10.8. The van der Waals surface area contributed by atoms with Crippen LogP contribution in [0.4, 0.5) is 4.79 Å². The lowest BCUT2D eigenvalue weighted by molar-refractivity contribution is 0.0258. The van der Waals surface area contributed by atoms with Gasteiger partial charge in [-0.1, -0.05) is 48.9 Å². The summed E-state index contributed by atoms with van der Waals surface area (Å²) in [5.41, 5.74) is -0.531. The van der Waals surface area contributed by atoms with Gasteiger partial charge in [0.15, 0.2) is 6.61 Å². The van der Waals surface area contributed by atoms with Crippen molar-refractivity contribution >= 4 is 27.7 Å². The Hall–Kier alpha value is -1.00. The van der Waals surface area contributed by atoms with Crippen molar-refractivity contribution in [3.05, 3.63) is 12.3 Å². The highest BCUT2D eigenvalue weighted by Gasteiger charge is 2.22. The first-order valence-electron chi connectivity index (χ1n) is 7.90. The Morgan fingerprint density at radius 3 is 2.33 bits per heavy atom. The Morgan fingerprint density at radius 2 is 1.83 bits per heavy atom. The maximum Gasteiger partial charge on any atom is 0.410 e. The predicted octanol–water partition coefficient (Wildman–Crippen LogP) is 4.85. The van der Waals surface area contributed by atoms with Gasteiger partial charge in [-0.05, 0) is 20.8 Å². The van der Waals surface area contributed by atoms with Crippen LogP contribution in [0.2, 0.25) is 0 Å². The van der Waals surface area contributed by atoms with Gasteiger partial charge >= 0.3 is 6.09 Å². The molecule has 5 nitrogen and oxygen atoms in total. The molecule has 0 aliphatic heterocycles. The Morgan fingerprint density at radius 1 is 1.21 bits per heavy atom. The van der Waals surface area contributed by atoms with E-state index in [2.05, 4.69) is 27.4 Å². The van der Waals surface area contributed by atoms with Crippen LogP contribution in [0.1, 0.15) is 48.0 Å². The average Bonchev–Trinajstić information content (AvgIpc) is 2.40. The smallest absolute Gasteiger partial charge is 0.410 e. The molecule has 7 heteroatoms. The molecule has 0 aliphatic rings. The van der Waals surface area contributed by atoms with Crippen molar-refractivity contribution in [2.24, 2.45) is 0 Å². The molecule has 0 bridgehead atoms. The van der Waals surface area contributed by atoms with Crippen LogP contribution >= 0.6 is 21.6 Å². The summed E-state index contributed by atoms with van der Waals surface area (Å²) in [6.07, 6.45) is 0.148. The molecule has 0 saturated carbocycles. The average molecular weight is 375 g/mol. The first kappa shape index (κ1) is 23.0. The molecule has 0 spiro atoms. The molecule has 1 amide bonds. The fourth-order valence-electron chi connectivity index (χ4n) is 1.45. The van der Waals surface area contributed by atoms with Crippen molar-refractivity contribution in [1.29, 1.82) is 5.26 Å². The Kier molecular flexibility index (Phi) is 10.3. The SMILES string of the molecule is C=C(CCN(CCSSC(C)(C)C)C(=O)OC(C)(C)C)OCC#N. The first-order chi connectivity index (χ1) is 10.9. The van der Waals surface area contributed by atoms with Crippen LogP contribution in [0.3, 0.4) is 0 Å². The van der Waals surface area contributed by atoms with Crippen LogP contribution in [0.25, 0.3) is 0 Å². The standard InChI is InChI=1S/C17H30N2O3S2/c1-14(21-12-9-18)8-10-19(15(20)22-16(2,3)4)11-13-23-24-17(5,6)7/h1,8,10-13H2,2-7H3. The van der Waals surface area contributed by atoms with Gasteiger partial charge in [0.05, 0.1) is 5.76 Å². The van der Waals surface area contributed by atoms with Gasteiger partial charge in [-0.15, -0.1) is 0 Å². The fourth-order valence-corrected chi connectivity index (χ4v) is 3.72. The molecule has 0 aromatic heterocycles. The van der Waals surface area contributed by atoms with E-state index in [0.717, 1.165) is 5.75 Å². The maximum absolute atomic E-state index is 12.3. The number of nitrogens with zero attached hydrogens (tertiary/aromatic N) is 2. The highest BCUT2D eigenvalue weighted by molar-refractivity contribution is 8.77. The van der Waals surface area contributed by atoms with Crippen LogP contribution < -0.4 is 0 Å². The second-order valence-corrected chi connectivity index (χ2v) is 10.5. The van der Waals surface area contributed by atoms with E-state index in [0.29, 0.717) is 25.3 Å². The summed E-state index contributed by atoms with van der Waals surface area (Å²) in [6, 6.07) is 1.90. The topological polar surface area (TPSA) is 62.6 Å². The normalized spacial score (nSPS) is 11.5. The zero-order valence-corrected chi connectivity index (χ0v) is 17.3. The van der Waals surface area contributed by atoms with Crippen molar-refractivity contribution in [3.63, 3.8) is 0 Å². The molecule has 0 saturated heterocycles. The number of ether oxygens (including phenoxy) is 2. The lowest BCUT2D eigenvalue weighted by Gasteiger charge is -2.27. The molecular formula is C17H30N2O3S2. The predicted molar refractivity (Wildman–Crippen MR) is 103 cm³/mol. The molecule has 0 fully saturated rings. The van der Waals surface area contributed by atoms with E-state index in [1.807, 2.05) is 26.8 Å². The van der Waals surface area contributed by atoms with Gasteiger partial charge < -0.3 is 14.4 Å². The van der Waals surface area contributed by atoms with Gasteiger partial charge in [-0.2, -0.15) is 5.26 Å². The Bertz CT molecular complexity index is 448. The van der Waals surface area contributed by atoms with Crippen LogP contribution in [0, 0.1) is 11.3 Å². The van der Waals surface area contributed by atoms with Crippen LogP contribution in [-0.4, -0.2) is 46.8 Å². The molecule has 0 aliphatic carbocycles. The summed E-state index contributed by atoms with van der Waals surface area (Å²) in [5.74, 6) is 1.31. The zero-order chi connectivity index (χ0) is 18.8. The molecule has 0 aromatic rings. The van der Waals surface area contributed by atoms with E-state index in [9.17, 15) is 4.79 Å². The van der Waals surface area contributed by atoms with Crippen molar-refractivity contribution in [1.82, 2.24) is 4.90 Å². The Balaban J connectivity index is 4.51. The van der Waals surface area contributed by atoms with Gasteiger partial charge in [0, 0.05) is 30.0 Å². The van der Waals surface area contributed by atoms with Crippen LogP contribution in [-0.2, 0) is 9.47 Å². The summed E-state index contributed by atoms with van der Waals surface area (Å²) in [7, 11) is 3.54. The number of nitriles is 1. The summed E-state index contributed by atoms with van der Waals surface area (Å²) >= 11 is 0. The summed E-state index contributed by atoms with van der Waals surface area (Å²) < 4.78 is 10.8. The third-order valence-electron chi connectivity index (χ3n) is 2.41. The summed E-state index contributed by atoms with van der Waals surface area (Å²) in [5, 5.41) is 8.51. The maximum atomic E-state index is 12.3. The van der Waals surface area contributed by atoms with Gasteiger partial charge in [-0.25, -0.2) is 4.79 Å². The number of carbonyl (C=O) groups excluding carboxylic acids is 1. The molecule has 0 unspecified atom stereocenters. The largest absolute Gasteiger partial charge is 0.484 e. The van der Waals surface area contributed by atoms with Gasteiger partial charge in [0.1, 0.15) is 11.7 Å². The lowest BCUT2D eigenvalue weighted by Crippen LogP contribution is -2.38. The second-order valence-electron chi connectivity index (χ2n) is 7.22. The molecule has 138 valence electrons. The zero-order valence-electron chi connectivity index (χ0n) is 15.7. The molecule has 0 aromatic carbocycles. The minimum absolute atomic E-state index is 0.0245. The van der Waals surface area contributed by atoms with E-state index < -0.39 is 5.60 Å². The third kappa shape index (κ3) is 13.4. The van der Waals surface area contributed by atoms with Gasteiger partial charge in [0.2, 0.25) is 0 Å². The van der Waals surface area contributed by atoms with Crippen LogP contribution in [0.15, 0.2) is 12.3 Å². The monoisotopic (exact) mass is 374 g/mol. The van der Waals surface area contributed by atoms with E-state index in [1.54, 1.807) is 26.5 Å². The minimum atomic E-state index is -0.531. The highest BCUT2D eigenvalue weighted by Crippen LogP contribution is 2.34. The van der Waals surface area contributed by atoms with Crippen molar-refractivity contribution in [2.45, 2.75) is 58.3 Å². The number of hydrogen-bond acceptors (Lipinski definition) is 6. The third-order valence-corrected chi connectivity index (χ3v) is 5.73. The van der Waals surface area contributed by atoms with E-state index >= 15 is 0 Å².